The number of hydrogen-bond donors (Lipinski definition) is 1. The minimum absolute atomic E-state index is 0.343. The zero-order chi connectivity index (χ0) is 19.8. The zero-order valence-corrected chi connectivity index (χ0v) is 15.3. The number of carbonyl (C=O) groups is 1. The Balaban J connectivity index is 1.62. The van der Waals surface area contributed by atoms with Gasteiger partial charge in [-0.3, -0.25) is 0 Å². The van der Waals surface area contributed by atoms with Crippen molar-refractivity contribution >= 4 is 34.4 Å². The zero-order valence-electron chi connectivity index (χ0n) is 15.3. The van der Waals surface area contributed by atoms with E-state index in [4.69, 9.17) is 10.5 Å². The van der Waals surface area contributed by atoms with Crippen LogP contribution in [0.25, 0.3) is 0 Å². The molecule has 7 heteroatoms. The Bertz CT molecular complexity index is 979. The molecule has 0 atom stereocenters. The van der Waals surface area contributed by atoms with E-state index in [0.717, 1.165) is 5.69 Å². The summed E-state index contributed by atoms with van der Waals surface area (Å²) in [5.41, 5.74) is 9.56. The molecule has 2 N–H and O–H groups in total. The lowest BCUT2D eigenvalue weighted by Crippen LogP contribution is -2.03. The molecule has 0 aromatic heterocycles. The normalized spacial score (nSPS) is 11.2. The molecule has 0 aliphatic rings. The molecule has 140 valence electrons. The Morgan fingerprint density at radius 1 is 0.714 bits per heavy atom. The average molecular weight is 373 g/mol. The third-order valence-corrected chi connectivity index (χ3v) is 3.68. The number of benzene rings is 3. The Hall–Kier alpha value is -3.87. The standard InChI is InChI=1S/C21H19N5O2/c1-2-28-21(27)15-3-7-17(8-4-15)23-25-19-11-13-20(14-12-19)26-24-18-9-5-16(22)6-10-18/h3-14H,2,22H2,1H3. The van der Waals surface area contributed by atoms with Gasteiger partial charge in [0.05, 0.1) is 34.9 Å². The van der Waals surface area contributed by atoms with E-state index in [1.54, 1.807) is 79.7 Å². The van der Waals surface area contributed by atoms with Crippen LogP contribution < -0.4 is 5.73 Å². The van der Waals surface area contributed by atoms with Crippen LogP contribution in [-0.4, -0.2) is 12.6 Å². The van der Waals surface area contributed by atoms with Crippen molar-refractivity contribution < 1.29 is 9.53 Å². The molecular weight excluding hydrogens is 354 g/mol. The van der Waals surface area contributed by atoms with Crippen molar-refractivity contribution in [1.82, 2.24) is 0 Å². The molecule has 7 nitrogen and oxygen atoms in total. The lowest BCUT2D eigenvalue weighted by atomic mass is 10.2. The number of esters is 1. The van der Waals surface area contributed by atoms with Crippen molar-refractivity contribution in [3.05, 3.63) is 78.4 Å². The SMILES string of the molecule is CCOC(=O)c1ccc(N=Nc2ccc(N=Nc3ccc(N)cc3)cc2)cc1. The van der Waals surface area contributed by atoms with Gasteiger partial charge in [-0.15, -0.1) is 0 Å². The molecule has 0 radical (unpaired) electrons. The summed E-state index contributed by atoms with van der Waals surface area (Å²) in [6, 6.07) is 21.1. The number of nitrogen functional groups attached to an aromatic ring is 1. The highest BCUT2D eigenvalue weighted by atomic mass is 16.5. The minimum atomic E-state index is -0.352. The number of hydrogen-bond acceptors (Lipinski definition) is 7. The predicted octanol–water partition coefficient (Wildman–Crippen LogP) is 6.28. The van der Waals surface area contributed by atoms with E-state index in [2.05, 4.69) is 20.5 Å². The van der Waals surface area contributed by atoms with Crippen LogP contribution in [0.2, 0.25) is 0 Å². The molecule has 0 bridgehead atoms. The molecule has 0 spiro atoms. The van der Waals surface area contributed by atoms with E-state index in [0.29, 0.717) is 34.9 Å². The monoisotopic (exact) mass is 373 g/mol. The second-order valence-corrected chi connectivity index (χ2v) is 5.78. The van der Waals surface area contributed by atoms with Gasteiger partial charge in [0.15, 0.2) is 0 Å². The van der Waals surface area contributed by atoms with Crippen LogP contribution in [0.1, 0.15) is 17.3 Å². The van der Waals surface area contributed by atoms with Gasteiger partial charge in [0.25, 0.3) is 0 Å². The first kappa shape index (κ1) is 18.9. The lowest BCUT2D eigenvalue weighted by molar-refractivity contribution is 0.0526. The smallest absolute Gasteiger partial charge is 0.338 e. The second-order valence-electron chi connectivity index (χ2n) is 5.78. The van der Waals surface area contributed by atoms with E-state index in [1.807, 2.05) is 0 Å². The maximum absolute atomic E-state index is 11.6. The van der Waals surface area contributed by atoms with Crippen molar-refractivity contribution in [2.24, 2.45) is 20.5 Å². The Morgan fingerprint density at radius 3 is 1.46 bits per heavy atom. The van der Waals surface area contributed by atoms with Gasteiger partial charge < -0.3 is 10.5 Å². The Labute approximate surface area is 162 Å². The summed E-state index contributed by atoms with van der Waals surface area (Å²) in [4.78, 5) is 11.6. The number of ether oxygens (including phenoxy) is 1. The van der Waals surface area contributed by atoms with Crippen LogP contribution in [0.15, 0.2) is 93.3 Å². The van der Waals surface area contributed by atoms with E-state index < -0.39 is 0 Å². The summed E-state index contributed by atoms with van der Waals surface area (Å²) in [7, 11) is 0. The summed E-state index contributed by atoms with van der Waals surface area (Å²) >= 11 is 0. The van der Waals surface area contributed by atoms with E-state index in [9.17, 15) is 4.79 Å². The fourth-order valence-electron chi connectivity index (χ4n) is 2.24. The Kier molecular flexibility index (Phi) is 6.20. The molecule has 28 heavy (non-hydrogen) atoms. The third-order valence-electron chi connectivity index (χ3n) is 3.68. The molecule has 3 rings (SSSR count). The fourth-order valence-corrected chi connectivity index (χ4v) is 2.24. The van der Waals surface area contributed by atoms with Gasteiger partial charge in [-0.05, 0) is 79.7 Å². The van der Waals surface area contributed by atoms with Gasteiger partial charge in [-0.25, -0.2) is 4.79 Å². The van der Waals surface area contributed by atoms with Crippen molar-refractivity contribution in [2.75, 3.05) is 12.3 Å². The molecule has 0 heterocycles. The fraction of sp³-hybridized carbons (Fsp3) is 0.0952. The average Bonchev–Trinajstić information content (AvgIpc) is 2.73. The molecule has 0 amide bonds. The van der Waals surface area contributed by atoms with Gasteiger partial charge in [0, 0.05) is 5.69 Å². The molecular formula is C21H19N5O2. The van der Waals surface area contributed by atoms with Gasteiger partial charge >= 0.3 is 5.97 Å². The first-order valence-corrected chi connectivity index (χ1v) is 8.70. The van der Waals surface area contributed by atoms with Crippen molar-refractivity contribution in [3.63, 3.8) is 0 Å². The predicted molar refractivity (Wildman–Crippen MR) is 108 cm³/mol. The maximum Gasteiger partial charge on any atom is 0.338 e. The van der Waals surface area contributed by atoms with E-state index in [1.165, 1.54) is 0 Å². The summed E-state index contributed by atoms with van der Waals surface area (Å²) in [5.74, 6) is -0.352. The van der Waals surface area contributed by atoms with Crippen LogP contribution in [0, 0.1) is 0 Å². The molecule has 3 aromatic rings. The van der Waals surface area contributed by atoms with Gasteiger partial charge in [-0.1, -0.05) is 0 Å². The molecule has 0 aliphatic carbocycles. The lowest BCUT2D eigenvalue weighted by Gasteiger charge is -2.01. The number of carbonyl (C=O) groups excluding carboxylic acids is 1. The number of rotatable bonds is 6. The quantitative estimate of drug-likeness (QED) is 0.312. The highest BCUT2D eigenvalue weighted by molar-refractivity contribution is 5.89. The first-order chi connectivity index (χ1) is 13.6. The maximum atomic E-state index is 11.6. The summed E-state index contributed by atoms with van der Waals surface area (Å²) < 4.78 is 4.95. The van der Waals surface area contributed by atoms with E-state index in [-0.39, 0.29) is 5.97 Å². The van der Waals surface area contributed by atoms with Crippen LogP contribution >= 0.6 is 0 Å². The van der Waals surface area contributed by atoms with Crippen molar-refractivity contribution in [3.8, 4) is 0 Å². The molecule has 0 unspecified atom stereocenters. The van der Waals surface area contributed by atoms with Gasteiger partial charge in [-0.2, -0.15) is 20.5 Å². The summed E-state index contributed by atoms with van der Waals surface area (Å²) in [5, 5.41) is 16.7. The van der Waals surface area contributed by atoms with E-state index >= 15 is 0 Å². The first-order valence-electron chi connectivity index (χ1n) is 8.70. The van der Waals surface area contributed by atoms with Crippen LogP contribution in [-0.2, 0) is 4.74 Å². The van der Waals surface area contributed by atoms with Crippen LogP contribution in [0.5, 0.6) is 0 Å². The molecule has 3 aromatic carbocycles. The summed E-state index contributed by atoms with van der Waals surface area (Å²) in [6.07, 6.45) is 0. The Morgan fingerprint density at radius 2 is 1.07 bits per heavy atom. The number of nitrogens with two attached hydrogens (primary N) is 1. The van der Waals surface area contributed by atoms with Crippen molar-refractivity contribution in [1.29, 1.82) is 0 Å². The molecule has 0 saturated carbocycles. The summed E-state index contributed by atoms with van der Waals surface area (Å²) in [6.45, 7) is 2.11. The molecule has 0 fully saturated rings. The number of nitrogens with zero attached hydrogens (tertiary/aromatic N) is 4. The molecule has 0 aliphatic heterocycles. The van der Waals surface area contributed by atoms with Gasteiger partial charge in [0.2, 0.25) is 0 Å². The minimum Gasteiger partial charge on any atom is -0.462 e. The topological polar surface area (TPSA) is 102 Å². The second kappa shape index (κ2) is 9.18. The highest BCUT2D eigenvalue weighted by Crippen LogP contribution is 2.24. The largest absolute Gasteiger partial charge is 0.462 e. The van der Waals surface area contributed by atoms with Crippen LogP contribution in [0.3, 0.4) is 0 Å². The number of anilines is 1. The highest BCUT2D eigenvalue weighted by Gasteiger charge is 2.05. The third kappa shape index (κ3) is 5.31. The molecule has 0 saturated heterocycles. The van der Waals surface area contributed by atoms with Crippen LogP contribution in [0.4, 0.5) is 28.4 Å². The van der Waals surface area contributed by atoms with Crippen molar-refractivity contribution in [2.45, 2.75) is 6.92 Å². The van der Waals surface area contributed by atoms with Gasteiger partial charge in [0.1, 0.15) is 0 Å². The number of azo groups is 2.